The maximum Gasteiger partial charge on any atom is 0.305 e. The third kappa shape index (κ3) is 3.88. The molecule has 0 spiro atoms. The van der Waals surface area contributed by atoms with Gasteiger partial charge in [-0.1, -0.05) is 0 Å². The maximum absolute atomic E-state index is 12.4. The number of nitrogens with zero attached hydrogens (tertiary/aromatic N) is 1. The van der Waals surface area contributed by atoms with Crippen molar-refractivity contribution in [1.29, 1.82) is 0 Å². The zero-order valence-corrected chi connectivity index (χ0v) is 11.9. The van der Waals surface area contributed by atoms with E-state index in [2.05, 4.69) is 0 Å². The molecule has 1 rings (SSSR count). The third-order valence-electron chi connectivity index (χ3n) is 2.90. The molecule has 0 aliphatic rings. The second-order valence-corrected chi connectivity index (χ2v) is 4.09. The smallest absolute Gasteiger partial charge is 0.305 e. The van der Waals surface area contributed by atoms with Crippen molar-refractivity contribution in [2.75, 3.05) is 27.3 Å². The highest BCUT2D eigenvalue weighted by Gasteiger charge is 2.19. The highest BCUT2D eigenvalue weighted by atomic mass is 16.5. The number of hydrogen-bond donors (Lipinski definition) is 1. The molecule has 0 saturated carbocycles. The van der Waals surface area contributed by atoms with Crippen LogP contribution in [0.4, 0.5) is 0 Å². The van der Waals surface area contributed by atoms with Crippen LogP contribution in [0.15, 0.2) is 18.2 Å². The summed E-state index contributed by atoms with van der Waals surface area (Å²) in [6.45, 7) is 2.40. The first kappa shape index (κ1) is 15.8. The van der Waals surface area contributed by atoms with Gasteiger partial charge in [-0.2, -0.15) is 0 Å². The zero-order valence-electron chi connectivity index (χ0n) is 11.9. The number of carbonyl (C=O) groups is 2. The normalized spacial score (nSPS) is 9.95. The lowest BCUT2D eigenvalue weighted by Gasteiger charge is -2.21. The van der Waals surface area contributed by atoms with Crippen molar-refractivity contribution >= 4 is 11.9 Å². The maximum atomic E-state index is 12.4. The van der Waals surface area contributed by atoms with Crippen LogP contribution < -0.4 is 9.47 Å². The fraction of sp³-hybridized carbons (Fsp3) is 0.429. The molecule has 0 bridgehead atoms. The monoisotopic (exact) mass is 281 g/mol. The van der Waals surface area contributed by atoms with Crippen molar-refractivity contribution in [2.24, 2.45) is 0 Å². The average molecular weight is 281 g/mol. The summed E-state index contributed by atoms with van der Waals surface area (Å²) in [6, 6.07) is 4.91. The van der Waals surface area contributed by atoms with E-state index in [9.17, 15) is 9.59 Å². The largest absolute Gasteiger partial charge is 0.497 e. The molecule has 20 heavy (non-hydrogen) atoms. The Balaban J connectivity index is 2.96. The molecular formula is C14H19NO5. The van der Waals surface area contributed by atoms with Crippen LogP contribution in [-0.4, -0.2) is 49.2 Å². The van der Waals surface area contributed by atoms with Gasteiger partial charge >= 0.3 is 5.97 Å². The number of rotatable bonds is 7. The van der Waals surface area contributed by atoms with E-state index in [4.69, 9.17) is 14.6 Å². The van der Waals surface area contributed by atoms with E-state index >= 15 is 0 Å². The number of carboxylic acid groups (broad SMARTS) is 1. The van der Waals surface area contributed by atoms with E-state index in [1.165, 1.54) is 19.1 Å². The molecule has 0 saturated heterocycles. The molecule has 0 aliphatic heterocycles. The van der Waals surface area contributed by atoms with Crippen LogP contribution in [0.1, 0.15) is 23.7 Å². The quantitative estimate of drug-likeness (QED) is 0.822. The first-order valence-corrected chi connectivity index (χ1v) is 6.26. The Labute approximate surface area is 117 Å². The Morgan fingerprint density at radius 1 is 1.25 bits per heavy atom. The second kappa shape index (κ2) is 7.37. The van der Waals surface area contributed by atoms with Crippen molar-refractivity contribution in [3.05, 3.63) is 23.8 Å². The minimum absolute atomic E-state index is 0.0853. The van der Waals surface area contributed by atoms with Gasteiger partial charge < -0.3 is 19.5 Å². The van der Waals surface area contributed by atoms with E-state index in [1.54, 1.807) is 25.1 Å². The van der Waals surface area contributed by atoms with Crippen LogP contribution >= 0.6 is 0 Å². The van der Waals surface area contributed by atoms with Crippen LogP contribution in [0, 0.1) is 0 Å². The highest BCUT2D eigenvalue weighted by molar-refractivity contribution is 5.97. The molecule has 110 valence electrons. The fourth-order valence-electron chi connectivity index (χ4n) is 1.78. The topological polar surface area (TPSA) is 76.1 Å². The van der Waals surface area contributed by atoms with Crippen LogP contribution in [0.2, 0.25) is 0 Å². The van der Waals surface area contributed by atoms with Gasteiger partial charge in [0.15, 0.2) is 0 Å². The predicted molar refractivity (Wildman–Crippen MR) is 73.4 cm³/mol. The van der Waals surface area contributed by atoms with E-state index < -0.39 is 5.97 Å². The van der Waals surface area contributed by atoms with E-state index in [1.807, 2.05) is 0 Å². The molecule has 0 unspecified atom stereocenters. The first-order chi connectivity index (χ1) is 9.53. The number of aliphatic carboxylic acids is 1. The van der Waals surface area contributed by atoms with Crippen molar-refractivity contribution in [2.45, 2.75) is 13.3 Å². The van der Waals surface area contributed by atoms with E-state index in [0.29, 0.717) is 23.6 Å². The van der Waals surface area contributed by atoms with Crippen molar-refractivity contribution < 1.29 is 24.2 Å². The molecule has 1 amide bonds. The SMILES string of the molecule is CCN(CCC(=O)O)C(=O)c1ccc(OC)cc1OC. The number of hydrogen-bond acceptors (Lipinski definition) is 4. The molecule has 0 atom stereocenters. The number of ether oxygens (including phenoxy) is 2. The zero-order chi connectivity index (χ0) is 15.1. The van der Waals surface area contributed by atoms with Gasteiger partial charge in [0.1, 0.15) is 11.5 Å². The van der Waals surface area contributed by atoms with Gasteiger partial charge in [0.05, 0.1) is 26.2 Å². The molecule has 0 aliphatic carbocycles. The minimum Gasteiger partial charge on any atom is -0.497 e. The molecule has 0 aromatic heterocycles. The highest BCUT2D eigenvalue weighted by Crippen LogP contribution is 2.25. The summed E-state index contributed by atoms with van der Waals surface area (Å²) in [4.78, 5) is 24.5. The first-order valence-electron chi connectivity index (χ1n) is 6.26. The van der Waals surface area contributed by atoms with Crippen molar-refractivity contribution in [3.8, 4) is 11.5 Å². The summed E-state index contributed by atoms with van der Waals surface area (Å²) >= 11 is 0. The average Bonchev–Trinajstić information content (AvgIpc) is 2.46. The van der Waals surface area contributed by atoms with Gasteiger partial charge in [-0.05, 0) is 19.1 Å². The van der Waals surface area contributed by atoms with Gasteiger partial charge in [0.2, 0.25) is 0 Å². The molecule has 6 heteroatoms. The summed E-state index contributed by atoms with van der Waals surface area (Å²) in [6.07, 6.45) is -0.0853. The van der Waals surface area contributed by atoms with Crippen molar-refractivity contribution in [1.82, 2.24) is 4.90 Å². The van der Waals surface area contributed by atoms with Gasteiger partial charge in [-0.25, -0.2) is 0 Å². The Morgan fingerprint density at radius 3 is 2.45 bits per heavy atom. The van der Waals surface area contributed by atoms with Crippen LogP contribution in [-0.2, 0) is 4.79 Å². The number of carboxylic acids is 1. The van der Waals surface area contributed by atoms with Crippen LogP contribution in [0.25, 0.3) is 0 Å². The predicted octanol–water partition coefficient (Wildman–Crippen LogP) is 1.64. The van der Waals surface area contributed by atoms with Gasteiger partial charge in [-0.15, -0.1) is 0 Å². The summed E-state index contributed by atoms with van der Waals surface area (Å²) in [5.74, 6) is -0.193. The number of carbonyl (C=O) groups excluding carboxylic acids is 1. The summed E-state index contributed by atoms with van der Waals surface area (Å²) in [5, 5.41) is 8.70. The van der Waals surface area contributed by atoms with Crippen LogP contribution in [0.5, 0.6) is 11.5 Å². The lowest BCUT2D eigenvalue weighted by Crippen LogP contribution is -2.33. The Bertz CT molecular complexity index is 486. The molecule has 1 aromatic rings. The lowest BCUT2D eigenvalue weighted by atomic mass is 10.1. The number of amides is 1. The van der Waals surface area contributed by atoms with Gasteiger partial charge in [0, 0.05) is 19.2 Å². The molecule has 0 heterocycles. The number of methoxy groups -OCH3 is 2. The van der Waals surface area contributed by atoms with Gasteiger partial charge in [0.25, 0.3) is 5.91 Å². The lowest BCUT2D eigenvalue weighted by molar-refractivity contribution is -0.137. The number of benzene rings is 1. The summed E-state index contributed by atoms with van der Waals surface area (Å²) in [7, 11) is 3.00. The third-order valence-corrected chi connectivity index (χ3v) is 2.90. The molecule has 0 fully saturated rings. The molecular weight excluding hydrogens is 262 g/mol. The molecule has 1 aromatic carbocycles. The summed E-state index contributed by atoms with van der Waals surface area (Å²) in [5.41, 5.74) is 0.389. The Hall–Kier alpha value is -2.24. The molecule has 6 nitrogen and oxygen atoms in total. The van der Waals surface area contributed by atoms with Crippen LogP contribution in [0.3, 0.4) is 0 Å². The standard InChI is InChI=1S/C14H19NO5/c1-4-15(8-7-13(16)17)14(18)11-6-5-10(19-2)9-12(11)20-3/h5-6,9H,4,7-8H2,1-3H3,(H,16,17). The molecule has 1 N–H and O–H groups in total. The minimum atomic E-state index is -0.932. The second-order valence-electron chi connectivity index (χ2n) is 4.09. The van der Waals surface area contributed by atoms with E-state index in [-0.39, 0.29) is 18.9 Å². The van der Waals surface area contributed by atoms with Crippen molar-refractivity contribution in [3.63, 3.8) is 0 Å². The summed E-state index contributed by atoms with van der Waals surface area (Å²) < 4.78 is 10.3. The van der Waals surface area contributed by atoms with Gasteiger partial charge in [-0.3, -0.25) is 9.59 Å². The molecule has 0 radical (unpaired) electrons. The van der Waals surface area contributed by atoms with E-state index in [0.717, 1.165) is 0 Å². The fourth-order valence-corrected chi connectivity index (χ4v) is 1.78. The Kier molecular flexibility index (Phi) is 5.83. The Morgan fingerprint density at radius 2 is 1.95 bits per heavy atom.